The lowest BCUT2D eigenvalue weighted by Gasteiger charge is -2.31. The number of nitrogens with zero attached hydrogens (tertiary/aromatic N) is 2. The van der Waals surface area contributed by atoms with Crippen molar-refractivity contribution in [2.45, 2.75) is 38.8 Å². The van der Waals surface area contributed by atoms with Crippen molar-refractivity contribution in [1.82, 2.24) is 4.98 Å². The van der Waals surface area contributed by atoms with Gasteiger partial charge in [-0.3, -0.25) is 0 Å². The number of hydrogen-bond donors (Lipinski definition) is 2. The Balaban J connectivity index is 1.68. The van der Waals surface area contributed by atoms with Crippen LogP contribution in [0, 0.1) is 0 Å². The molecule has 0 radical (unpaired) electrons. The topological polar surface area (TPSA) is 61.5 Å². The second-order valence-electron chi connectivity index (χ2n) is 5.67. The predicted octanol–water partition coefficient (Wildman–Crippen LogP) is 2.81. The zero-order chi connectivity index (χ0) is 15.4. The lowest BCUT2D eigenvalue weighted by Crippen LogP contribution is -2.36. The molecule has 1 aliphatic heterocycles. The van der Waals surface area contributed by atoms with Crippen LogP contribution in [0.1, 0.15) is 31.3 Å². The number of pyridine rings is 1. The molecule has 3 rings (SSSR count). The van der Waals surface area contributed by atoms with Gasteiger partial charge in [-0.05, 0) is 37.1 Å². The average Bonchev–Trinajstić information content (AvgIpc) is 3.02. The Morgan fingerprint density at radius 1 is 1.27 bits per heavy atom. The lowest BCUT2D eigenvalue weighted by atomic mass is 10.1. The monoisotopic (exact) mass is 301 g/mol. The van der Waals surface area contributed by atoms with Gasteiger partial charge < -0.3 is 19.7 Å². The van der Waals surface area contributed by atoms with Gasteiger partial charge in [0.2, 0.25) is 0 Å². The van der Waals surface area contributed by atoms with Crippen LogP contribution in [0.4, 0.5) is 11.5 Å². The third-order valence-corrected chi connectivity index (χ3v) is 4.07. The number of nitrogens with one attached hydrogen (secondary N) is 1. The number of aryl methyl sites for hydroxylation is 1. The van der Waals surface area contributed by atoms with E-state index < -0.39 is 0 Å². The molecule has 0 bridgehead atoms. The Morgan fingerprint density at radius 3 is 2.77 bits per heavy atom. The van der Waals surface area contributed by atoms with E-state index in [9.17, 15) is 5.11 Å². The number of hydrogen-bond acceptors (Lipinski definition) is 5. The summed E-state index contributed by atoms with van der Waals surface area (Å²) in [5, 5.41) is 13.1. The summed E-state index contributed by atoms with van der Waals surface area (Å²) in [5.74, 6) is 2.89. The van der Waals surface area contributed by atoms with Crippen molar-refractivity contribution in [3.63, 3.8) is 0 Å². The Bertz CT molecular complexity index is 603. The highest BCUT2D eigenvalue weighted by Gasteiger charge is 2.20. The number of aliphatic hydroxyl groups excluding tert-OH is 1. The van der Waals surface area contributed by atoms with Crippen LogP contribution in [0.15, 0.2) is 34.9 Å². The van der Waals surface area contributed by atoms with Crippen LogP contribution in [0.3, 0.4) is 0 Å². The van der Waals surface area contributed by atoms with Gasteiger partial charge in [0.25, 0.3) is 0 Å². The summed E-state index contributed by atoms with van der Waals surface area (Å²) >= 11 is 0. The highest BCUT2D eigenvalue weighted by molar-refractivity contribution is 5.65. The molecule has 5 heteroatoms. The van der Waals surface area contributed by atoms with Gasteiger partial charge >= 0.3 is 0 Å². The van der Waals surface area contributed by atoms with Gasteiger partial charge in [0.15, 0.2) is 5.82 Å². The van der Waals surface area contributed by atoms with E-state index in [4.69, 9.17) is 4.42 Å². The Labute approximate surface area is 131 Å². The van der Waals surface area contributed by atoms with Gasteiger partial charge in [0, 0.05) is 25.7 Å². The van der Waals surface area contributed by atoms with E-state index in [1.54, 1.807) is 0 Å². The minimum Gasteiger partial charge on any atom is -0.464 e. The molecule has 5 nitrogen and oxygen atoms in total. The molecule has 22 heavy (non-hydrogen) atoms. The molecule has 0 amide bonds. The summed E-state index contributed by atoms with van der Waals surface area (Å²) in [7, 11) is 0. The van der Waals surface area contributed by atoms with Crippen molar-refractivity contribution in [1.29, 1.82) is 0 Å². The maximum atomic E-state index is 9.65. The van der Waals surface area contributed by atoms with Gasteiger partial charge in [-0.1, -0.05) is 6.92 Å². The van der Waals surface area contributed by atoms with E-state index in [1.165, 1.54) is 0 Å². The highest BCUT2D eigenvalue weighted by atomic mass is 16.3. The van der Waals surface area contributed by atoms with Gasteiger partial charge in [-0.2, -0.15) is 0 Å². The maximum absolute atomic E-state index is 9.65. The number of rotatable bonds is 5. The molecular formula is C17H23N3O2. The average molecular weight is 301 g/mol. The number of aliphatic hydroxyl groups is 1. The molecule has 1 fully saturated rings. The van der Waals surface area contributed by atoms with Crippen molar-refractivity contribution < 1.29 is 9.52 Å². The molecule has 0 aliphatic carbocycles. The first-order valence-electron chi connectivity index (χ1n) is 7.95. The van der Waals surface area contributed by atoms with Crippen LogP contribution in [0.25, 0.3) is 0 Å². The Hall–Kier alpha value is -2.01. The molecule has 1 saturated heterocycles. The molecule has 0 atom stereocenters. The fourth-order valence-corrected chi connectivity index (χ4v) is 2.75. The molecule has 0 aromatic carbocycles. The molecule has 1 aliphatic rings. The summed E-state index contributed by atoms with van der Waals surface area (Å²) in [6, 6.07) is 8.01. The van der Waals surface area contributed by atoms with Gasteiger partial charge in [0.1, 0.15) is 11.5 Å². The van der Waals surface area contributed by atoms with E-state index in [0.29, 0.717) is 6.54 Å². The third-order valence-electron chi connectivity index (χ3n) is 4.07. The van der Waals surface area contributed by atoms with Crippen molar-refractivity contribution >= 4 is 11.5 Å². The molecule has 0 spiro atoms. The normalized spacial score (nSPS) is 16.0. The summed E-state index contributed by atoms with van der Waals surface area (Å²) < 4.78 is 5.72. The van der Waals surface area contributed by atoms with Crippen LogP contribution >= 0.6 is 0 Å². The SMILES string of the molecule is CCc1ccc(CNc2cccnc2N2CCC(O)CC2)o1. The van der Waals surface area contributed by atoms with Crippen LogP contribution in [0.5, 0.6) is 0 Å². The molecule has 0 unspecified atom stereocenters. The van der Waals surface area contributed by atoms with Gasteiger partial charge in [0.05, 0.1) is 18.3 Å². The second kappa shape index (κ2) is 6.83. The number of furan rings is 1. The van der Waals surface area contributed by atoms with Gasteiger partial charge in [-0.25, -0.2) is 4.98 Å². The van der Waals surface area contributed by atoms with E-state index in [-0.39, 0.29) is 6.10 Å². The molecular weight excluding hydrogens is 278 g/mol. The highest BCUT2D eigenvalue weighted by Crippen LogP contribution is 2.26. The molecule has 2 N–H and O–H groups in total. The second-order valence-corrected chi connectivity index (χ2v) is 5.67. The zero-order valence-electron chi connectivity index (χ0n) is 13.0. The van der Waals surface area contributed by atoms with Gasteiger partial charge in [-0.15, -0.1) is 0 Å². The van der Waals surface area contributed by atoms with E-state index >= 15 is 0 Å². The van der Waals surface area contributed by atoms with E-state index in [2.05, 4.69) is 22.1 Å². The lowest BCUT2D eigenvalue weighted by molar-refractivity contribution is 0.145. The minimum atomic E-state index is -0.174. The van der Waals surface area contributed by atoms with E-state index in [0.717, 1.165) is 55.4 Å². The first kappa shape index (κ1) is 14.9. The number of anilines is 2. The van der Waals surface area contributed by atoms with Crippen LogP contribution in [-0.4, -0.2) is 29.3 Å². The van der Waals surface area contributed by atoms with E-state index in [1.807, 2.05) is 30.5 Å². The zero-order valence-corrected chi connectivity index (χ0v) is 13.0. The van der Waals surface area contributed by atoms with Crippen LogP contribution < -0.4 is 10.2 Å². The summed E-state index contributed by atoms with van der Waals surface area (Å²) in [6.07, 6.45) is 4.15. The fourth-order valence-electron chi connectivity index (χ4n) is 2.75. The van der Waals surface area contributed by atoms with Crippen molar-refractivity contribution in [2.24, 2.45) is 0 Å². The molecule has 2 aromatic heterocycles. The van der Waals surface area contributed by atoms with Crippen LogP contribution in [0.2, 0.25) is 0 Å². The number of aromatic nitrogens is 1. The summed E-state index contributed by atoms with van der Waals surface area (Å²) in [6.45, 7) is 4.41. The van der Waals surface area contributed by atoms with Crippen LogP contribution in [-0.2, 0) is 13.0 Å². The maximum Gasteiger partial charge on any atom is 0.151 e. The summed E-state index contributed by atoms with van der Waals surface area (Å²) in [4.78, 5) is 6.74. The minimum absolute atomic E-state index is 0.174. The first-order valence-corrected chi connectivity index (χ1v) is 7.95. The Kier molecular flexibility index (Phi) is 4.63. The number of piperidine rings is 1. The summed E-state index contributed by atoms with van der Waals surface area (Å²) in [5.41, 5.74) is 1.01. The molecule has 2 aromatic rings. The largest absolute Gasteiger partial charge is 0.464 e. The van der Waals surface area contributed by atoms with Crippen molar-refractivity contribution in [3.05, 3.63) is 42.0 Å². The smallest absolute Gasteiger partial charge is 0.151 e. The fraction of sp³-hybridized carbons (Fsp3) is 0.471. The standard InChI is InChI=1S/C17H23N3O2/c1-2-14-5-6-15(22-14)12-19-16-4-3-9-18-17(16)20-10-7-13(21)8-11-20/h3-6,9,13,19,21H,2,7-8,10-12H2,1H3. The first-order chi connectivity index (χ1) is 10.8. The third kappa shape index (κ3) is 3.42. The molecule has 118 valence electrons. The Morgan fingerprint density at radius 2 is 2.05 bits per heavy atom. The van der Waals surface area contributed by atoms with Crippen molar-refractivity contribution in [2.75, 3.05) is 23.3 Å². The van der Waals surface area contributed by atoms with Crippen molar-refractivity contribution in [3.8, 4) is 0 Å². The quantitative estimate of drug-likeness (QED) is 0.889. The molecule has 3 heterocycles. The molecule has 0 saturated carbocycles. The predicted molar refractivity (Wildman–Crippen MR) is 87.1 cm³/mol.